The minimum Gasteiger partial charge on any atom is -0.384 e. The van der Waals surface area contributed by atoms with Crippen molar-refractivity contribution in [3.05, 3.63) is 92.4 Å². The maximum Gasteiger partial charge on any atom is 0.256 e. The molecule has 0 unspecified atom stereocenters. The van der Waals surface area contributed by atoms with Gasteiger partial charge in [0.25, 0.3) is 5.56 Å². The van der Waals surface area contributed by atoms with E-state index in [-0.39, 0.29) is 22.7 Å². The predicted octanol–water partition coefficient (Wildman–Crippen LogP) is 3.55. The number of anilines is 1. The highest BCUT2D eigenvalue weighted by Crippen LogP contribution is 2.21. The minimum absolute atomic E-state index is 0.0370. The number of nitrogen functional groups attached to an aromatic ring is 1. The minimum atomic E-state index is -0.432. The molecule has 0 amide bonds. The third-order valence-electron chi connectivity index (χ3n) is 3.55. The van der Waals surface area contributed by atoms with Crippen molar-refractivity contribution in [1.82, 2.24) is 4.57 Å². The number of pyridine rings is 1. The molecule has 3 rings (SSSR count). The second kappa shape index (κ2) is 6.41. The van der Waals surface area contributed by atoms with Crippen LogP contribution in [0.1, 0.15) is 15.9 Å². The largest absolute Gasteiger partial charge is 0.384 e. The number of hydrogen-bond acceptors (Lipinski definition) is 3. The van der Waals surface area contributed by atoms with Crippen LogP contribution in [0.2, 0.25) is 0 Å². The predicted molar refractivity (Wildman–Crippen MR) is 94.0 cm³/mol. The zero-order chi connectivity index (χ0) is 17.3. The number of benzene rings is 2. The summed E-state index contributed by atoms with van der Waals surface area (Å²) in [6.45, 7) is 0. The molecule has 0 aliphatic heterocycles. The van der Waals surface area contributed by atoms with Crippen molar-refractivity contribution in [3.63, 3.8) is 0 Å². The lowest BCUT2D eigenvalue weighted by atomic mass is 10.0. The van der Waals surface area contributed by atoms with Gasteiger partial charge < -0.3 is 5.73 Å². The van der Waals surface area contributed by atoms with Crippen molar-refractivity contribution in [2.75, 3.05) is 5.73 Å². The van der Waals surface area contributed by atoms with E-state index < -0.39 is 5.82 Å². The Morgan fingerprint density at radius 2 is 1.75 bits per heavy atom. The van der Waals surface area contributed by atoms with E-state index in [4.69, 9.17) is 5.73 Å². The van der Waals surface area contributed by atoms with E-state index in [0.717, 1.165) is 4.47 Å². The average molecular weight is 387 g/mol. The van der Waals surface area contributed by atoms with Gasteiger partial charge in [0.1, 0.15) is 11.6 Å². The molecule has 0 aliphatic carbocycles. The van der Waals surface area contributed by atoms with E-state index >= 15 is 0 Å². The maximum absolute atomic E-state index is 13.0. The fourth-order valence-electron chi connectivity index (χ4n) is 2.38. The summed E-state index contributed by atoms with van der Waals surface area (Å²) in [5, 5.41) is 0. The molecule has 0 atom stereocenters. The molecule has 24 heavy (non-hydrogen) atoms. The number of halogens is 2. The van der Waals surface area contributed by atoms with Crippen molar-refractivity contribution in [2.24, 2.45) is 0 Å². The second-order valence-electron chi connectivity index (χ2n) is 5.12. The van der Waals surface area contributed by atoms with E-state index in [9.17, 15) is 14.0 Å². The summed E-state index contributed by atoms with van der Waals surface area (Å²) in [5.41, 5.74) is 6.76. The first-order chi connectivity index (χ1) is 11.5. The standard InChI is InChI=1S/C18H12BrFN2O2/c19-12-2-1-3-14(10-12)22-16(23)9-8-15(18(22)21)17(24)11-4-6-13(20)7-5-11/h1-10H,21H2. The quantitative estimate of drug-likeness (QED) is 0.699. The van der Waals surface area contributed by atoms with Crippen molar-refractivity contribution < 1.29 is 9.18 Å². The third kappa shape index (κ3) is 3.00. The van der Waals surface area contributed by atoms with Gasteiger partial charge in [0.05, 0.1) is 11.3 Å². The number of carbonyl (C=O) groups is 1. The first-order valence-electron chi connectivity index (χ1n) is 7.05. The van der Waals surface area contributed by atoms with Crippen LogP contribution in [0.5, 0.6) is 0 Å². The van der Waals surface area contributed by atoms with Crippen molar-refractivity contribution >= 4 is 27.5 Å². The zero-order valence-corrected chi connectivity index (χ0v) is 14.0. The Morgan fingerprint density at radius 1 is 1.04 bits per heavy atom. The third-order valence-corrected chi connectivity index (χ3v) is 4.04. The summed E-state index contributed by atoms with van der Waals surface area (Å²) in [6, 6.07) is 14.9. The molecule has 0 saturated heterocycles. The zero-order valence-electron chi connectivity index (χ0n) is 12.4. The van der Waals surface area contributed by atoms with Gasteiger partial charge in [-0.05, 0) is 48.5 Å². The molecule has 1 heterocycles. The summed E-state index contributed by atoms with van der Waals surface area (Å²) >= 11 is 3.34. The van der Waals surface area contributed by atoms with Gasteiger partial charge in [-0.15, -0.1) is 0 Å². The molecule has 0 saturated carbocycles. The molecule has 4 nitrogen and oxygen atoms in total. The molecule has 0 fully saturated rings. The van der Waals surface area contributed by atoms with Crippen molar-refractivity contribution in [3.8, 4) is 5.69 Å². The Labute approximate surface area is 145 Å². The lowest BCUT2D eigenvalue weighted by Gasteiger charge is -2.13. The normalized spacial score (nSPS) is 10.6. The fraction of sp³-hybridized carbons (Fsp3) is 0. The molecule has 3 aromatic rings. The smallest absolute Gasteiger partial charge is 0.256 e. The second-order valence-corrected chi connectivity index (χ2v) is 6.04. The van der Waals surface area contributed by atoms with Crippen LogP contribution in [0.4, 0.5) is 10.2 Å². The molecule has 0 bridgehead atoms. The van der Waals surface area contributed by atoms with Crippen LogP contribution in [0.15, 0.2) is 69.9 Å². The molecule has 120 valence electrons. The van der Waals surface area contributed by atoms with Gasteiger partial charge in [-0.3, -0.25) is 14.2 Å². The van der Waals surface area contributed by atoms with Gasteiger partial charge in [0, 0.05) is 16.1 Å². The highest BCUT2D eigenvalue weighted by atomic mass is 79.9. The highest BCUT2D eigenvalue weighted by molar-refractivity contribution is 9.10. The average Bonchev–Trinajstić information content (AvgIpc) is 2.55. The molecular formula is C18H12BrFN2O2. The summed E-state index contributed by atoms with van der Waals surface area (Å²) < 4.78 is 15.1. The van der Waals surface area contributed by atoms with Gasteiger partial charge in [-0.1, -0.05) is 22.0 Å². The van der Waals surface area contributed by atoms with Crippen LogP contribution in [-0.4, -0.2) is 10.4 Å². The number of nitrogens with two attached hydrogens (primary N) is 1. The molecular weight excluding hydrogens is 375 g/mol. The molecule has 6 heteroatoms. The van der Waals surface area contributed by atoms with E-state index in [1.54, 1.807) is 18.2 Å². The Balaban J connectivity index is 2.14. The van der Waals surface area contributed by atoms with E-state index in [1.807, 2.05) is 6.07 Å². The number of rotatable bonds is 3. The maximum atomic E-state index is 13.0. The van der Waals surface area contributed by atoms with E-state index in [1.165, 1.54) is 41.0 Å². The molecule has 0 aliphatic rings. The number of ketones is 1. The van der Waals surface area contributed by atoms with Gasteiger partial charge in [0.15, 0.2) is 5.78 Å². The highest BCUT2D eigenvalue weighted by Gasteiger charge is 2.17. The van der Waals surface area contributed by atoms with Gasteiger partial charge in [0.2, 0.25) is 0 Å². The summed E-state index contributed by atoms with van der Waals surface area (Å²) in [7, 11) is 0. The lowest BCUT2D eigenvalue weighted by Crippen LogP contribution is -2.23. The summed E-state index contributed by atoms with van der Waals surface area (Å²) in [6.07, 6.45) is 0. The lowest BCUT2D eigenvalue weighted by molar-refractivity contribution is 0.103. The van der Waals surface area contributed by atoms with Gasteiger partial charge >= 0.3 is 0 Å². The number of nitrogens with zero attached hydrogens (tertiary/aromatic N) is 1. The van der Waals surface area contributed by atoms with Crippen LogP contribution in [-0.2, 0) is 0 Å². The topological polar surface area (TPSA) is 65.1 Å². The first-order valence-corrected chi connectivity index (χ1v) is 7.84. The molecule has 1 aromatic heterocycles. The SMILES string of the molecule is Nc1c(C(=O)c2ccc(F)cc2)ccc(=O)n1-c1cccc(Br)c1. The summed E-state index contributed by atoms with van der Waals surface area (Å²) in [5.74, 6) is -0.773. The number of carbonyl (C=O) groups excluding carboxylic acids is 1. The van der Waals surface area contributed by atoms with Crippen LogP contribution in [0.3, 0.4) is 0 Å². The van der Waals surface area contributed by atoms with Crippen LogP contribution in [0, 0.1) is 5.82 Å². The van der Waals surface area contributed by atoms with Crippen molar-refractivity contribution in [2.45, 2.75) is 0 Å². The first kappa shape index (κ1) is 16.1. The fourth-order valence-corrected chi connectivity index (χ4v) is 2.77. The van der Waals surface area contributed by atoms with E-state index in [2.05, 4.69) is 15.9 Å². The number of aromatic nitrogens is 1. The number of hydrogen-bond donors (Lipinski definition) is 1. The molecule has 0 spiro atoms. The Morgan fingerprint density at radius 3 is 2.42 bits per heavy atom. The van der Waals surface area contributed by atoms with Gasteiger partial charge in [-0.2, -0.15) is 0 Å². The van der Waals surface area contributed by atoms with Crippen molar-refractivity contribution in [1.29, 1.82) is 0 Å². The van der Waals surface area contributed by atoms with Crippen LogP contribution in [0.25, 0.3) is 5.69 Å². The Hall–Kier alpha value is -2.73. The molecule has 2 N–H and O–H groups in total. The van der Waals surface area contributed by atoms with E-state index in [0.29, 0.717) is 11.3 Å². The molecule has 2 aromatic carbocycles. The Bertz CT molecular complexity index is 981. The molecule has 0 radical (unpaired) electrons. The van der Waals surface area contributed by atoms with Crippen LogP contribution < -0.4 is 11.3 Å². The monoisotopic (exact) mass is 386 g/mol. The van der Waals surface area contributed by atoms with Gasteiger partial charge in [-0.25, -0.2) is 4.39 Å². The Kier molecular flexibility index (Phi) is 4.31. The van der Waals surface area contributed by atoms with Crippen LogP contribution >= 0.6 is 15.9 Å². The summed E-state index contributed by atoms with van der Waals surface area (Å²) in [4.78, 5) is 24.8.